The van der Waals surface area contributed by atoms with Gasteiger partial charge < -0.3 is 9.80 Å². The molecular weight excluding hydrogens is 356 g/mol. The fraction of sp³-hybridized carbons (Fsp3) is 0.524. The molecule has 148 valence electrons. The molecule has 2 aromatic rings. The standard InChI is InChI=1S/C21H26N4O3/c26-19-15-22-25(18-8-4-3-7-17(18)19)10-9-20(27)23-11-13-24(14-12-23)21(28)16-5-1-2-6-16/h3-4,7-8,15-16H,1-2,5-6,9-14H2. The van der Waals surface area contributed by atoms with Gasteiger partial charge in [0.15, 0.2) is 0 Å². The predicted molar refractivity (Wildman–Crippen MR) is 106 cm³/mol. The number of amides is 2. The molecule has 1 aliphatic heterocycles. The maximum Gasteiger partial charge on any atom is 0.225 e. The number of carbonyl (C=O) groups excluding carboxylic acids is 2. The lowest BCUT2D eigenvalue weighted by Crippen LogP contribution is -2.51. The smallest absolute Gasteiger partial charge is 0.225 e. The van der Waals surface area contributed by atoms with Crippen LogP contribution in [0.5, 0.6) is 0 Å². The third-order valence-electron chi connectivity index (χ3n) is 5.95. The number of benzene rings is 1. The molecule has 0 unspecified atom stereocenters. The molecule has 1 aromatic carbocycles. The van der Waals surface area contributed by atoms with Gasteiger partial charge in [-0.2, -0.15) is 5.10 Å². The van der Waals surface area contributed by atoms with E-state index in [0.717, 1.165) is 31.2 Å². The third kappa shape index (κ3) is 3.79. The molecule has 2 aliphatic rings. The first-order valence-corrected chi connectivity index (χ1v) is 10.1. The minimum atomic E-state index is -0.110. The van der Waals surface area contributed by atoms with Gasteiger partial charge in [0.2, 0.25) is 17.2 Å². The van der Waals surface area contributed by atoms with E-state index >= 15 is 0 Å². The molecule has 0 radical (unpaired) electrons. The van der Waals surface area contributed by atoms with Crippen LogP contribution in [0.2, 0.25) is 0 Å². The number of aryl methyl sites for hydroxylation is 1. The summed E-state index contributed by atoms with van der Waals surface area (Å²) in [5.41, 5.74) is 0.635. The zero-order valence-corrected chi connectivity index (χ0v) is 16.0. The van der Waals surface area contributed by atoms with Crippen molar-refractivity contribution in [3.05, 3.63) is 40.7 Å². The van der Waals surface area contributed by atoms with Crippen molar-refractivity contribution in [1.82, 2.24) is 19.6 Å². The number of hydrogen-bond donors (Lipinski definition) is 0. The summed E-state index contributed by atoms with van der Waals surface area (Å²) >= 11 is 0. The van der Waals surface area contributed by atoms with E-state index in [2.05, 4.69) is 5.10 Å². The second-order valence-corrected chi connectivity index (χ2v) is 7.69. The molecule has 0 N–H and O–H groups in total. The first kappa shape index (κ1) is 18.7. The van der Waals surface area contributed by atoms with Crippen LogP contribution in [0.3, 0.4) is 0 Å². The minimum Gasteiger partial charge on any atom is -0.339 e. The molecule has 7 heteroatoms. The second kappa shape index (κ2) is 8.12. The Kier molecular flexibility index (Phi) is 5.41. The summed E-state index contributed by atoms with van der Waals surface area (Å²) in [7, 11) is 0. The van der Waals surface area contributed by atoms with Crippen LogP contribution in [0.1, 0.15) is 32.1 Å². The highest BCUT2D eigenvalue weighted by Gasteiger charge is 2.30. The number of fused-ring (bicyclic) bond motifs is 1. The molecule has 0 atom stereocenters. The molecule has 7 nitrogen and oxygen atoms in total. The van der Waals surface area contributed by atoms with Crippen molar-refractivity contribution in [2.24, 2.45) is 5.92 Å². The van der Waals surface area contributed by atoms with E-state index in [9.17, 15) is 14.4 Å². The normalized spacial score (nSPS) is 18.0. The molecule has 1 saturated heterocycles. The Hall–Kier alpha value is -2.70. The van der Waals surface area contributed by atoms with E-state index < -0.39 is 0 Å². The SMILES string of the molecule is O=C(CCn1ncc(=O)c2ccccc21)N1CCN(C(=O)C2CCCC2)CC1. The Morgan fingerprint density at radius 2 is 1.68 bits per heavy atom. The van der Waals surface area contributed by atoms with Gasteiger partial charge >= 0.3 is 0 Å². The van der Waals surface area contributed by atoms with Crippen LogP contribution < -0.4 is 5.43 Å². The molecule has 0 spiro atoms. The van der Waals surface area contributed by atoms with E-state index in [-0.39, 0.29) is 23.2 Å². The number of nitrogens with zero attached hydrogens (tertiary/aromatic N) is 4. The maximum atomic E-state index is 12.6. The number of rotatable bonds is 4. The fourth-order valence-electron chi connectivity index (χ4n) is 4.31. The van der Waals surface area contributed by atoms with Gasteiger partial charge in [-0.1, -0.05) is 25.0 Å². The topological polar surface area (TPSA) is 75.5 Å². The lowest BCUT2D eigenvalue weighted by atomic mass is 10.1. The van der Waals surface area contributed by atoms with Gasteiger partial charge in [-0.05, 0) is 25.0 Å². The Labute approximate surface area is 163 Å². The lowest BCUT2D eigenvalue weighted by Gasteiger charge is -2.36. The molecule has 2 heterocycles. The Morgan fingerprint density at radius 3 is 2.43 bits per heavy atom. The molecule has 1 aromatic heterocycles. The highest BCUT2D eigenvalue weighted by molar-refractivity contribution is 5.81. The molecular formula is C21H26N4O3. The molecule has 2 fully saturated rings. The van der Waals surface area contributed by atoms with Crippen molar-refractivity contribution in [2.75, 3.05) is 26.2 Å². The van der Waals surface area contributed by atoms with Gasteiger partial charge in [-0.15, -0.1) is 0 Å². The van der Waals surface area contributed by atoms with Crippen LogP contribution in [0.4, 0.5) is 0 Å². The minimum absolute atomic E-state index is 0.0672. The highest BCUT2D eigenvalue weighted by atomic mass is 16.2. The van der Waals surface area contributed by atoms with Crippen molar-refractivity contribution in [3.63, 3.8) is 0 Å². The van der Waals surface area contributed by atoms with Gasteiger partial charge in [0.05, 0.1) is 18.3 Å². The second-order valence-electron chi connectivity index (χ2n) is 7.69. The molecule has 28 heavy (non-hydrogen) atoms. The van der Waals surface area contributed by atoms with Crippen LogP contribution in [0, 0.1) is 5.92 Å². The molecule has 0 bridgehead atoms. The van der Waals surface area contributed by atoms with Crippen LogP contribution in [0.15, 0.2) is 35.3 Å². The maximum absolute atomic E-state index is 12.6. The van der Waals surface area contributed by atoms with Crippen molar-refractivity contribution in [3.8, 4) is 0 Å². The van der Waals surface area contributed by atoms with Gasteiger partial charge in [0.1, 0.15) is 0 Å². The number of piperazine rings is 1. The van der Waals surface area contributed by atoms with Crippen LogP contribution in [-0.4, -0.2) is 57.6 Å². The summed E-state index contributed by atoms with van der Waals surface area (Å²) < 4.78 is 1.72. The average Bonchev–Trinajstić information content (AvgIpc) is 3.28. The Bertz CT molecular complexity index is 925. The van der Waals surface area contributed by atoms with E-state index in [1.54, 1.807) is 10.7 Å². The van der Waals surface area contributed by atoms with E-state index in [0.29, 0.717) is 44.5 Å². The summed E-state index contributed by atoms with van der Waals surface area (Å²) in [5, 5.41) is 4.80. The Morgan fingerprint density at radius 1 is 1.00 bits per heavy atom. The van der Waals surface area contributed by atoms with Crippen molar-refractivity contribution < 1.29 is 9.59 Å². The molecule has 1 aliphatic carbocycles. The quantitative estimate of drug-likeness (QED) is 0.806. The number of carbonyl (C=O) groups is 2. The van der Waals surface area contributed by atoms with Crippen molar-refractivity contribution in [2.45, 2.75) is 38.6 Å². The van der Waals surface area contributed by atoms with Crippen molar-refractivity contribution >= 4 is 22.7 Å². The fourth-order valence-corrected chi connectivity index (χ4v) is 4.31. The zero-order valence-electron chi connectivity index (χ0n) is 16.0. The van der Waals surface area contributed by atoms with Gasteiger partial charge in [0, 0.05) is 43.9 Å². The van der Waals surface area contributed by atoms with Crippen molar-refractivity contribution in [1.29, 1.82) is 0 Å². The summed E-state index contributed by atoms with van der Waals surface area (Å²) in [6.07, 6.45) is 5.97. The third-order valence-corrected chi connectivity index (χ3v) is 5.95. The molecule has 1 saturated carbocycles. The van der Waals surface area contributed by atoms with Gasteiger partial charge in [-0.3, -0.25) is 19.1 Å². The van der Waals surface area contributed by atoms with E-state index in [1.807, 2.05) is 28.0 Å². The Balaban J connectivity index is 1.32. The molecule has 2 amide bonds. The van der Waals surface area contributed by atoms with E-state index in [1.165, 1.54) is 6.20 Å². The lowest BCUT2D eigenvalue weighted by molar-refractivity contribution is -0.142. The summed E-state index contributed by atoms with van der Waals surface area (Å²) in [6.45, 7) is 2.87. The number of para-hydroxylation sites is 1. The van der Waals surface area contributed by atoms with Gasteiger partial charge in [0.25, 0.3) is 0 Å². The predicted octanol–water partition coefficient (Wildman–Crippen LogP) is 1.65. The zero-order chi connectivity index (χ0) is 19.5. The summed E-state index contributed by atoms with van der Waals surface area (Å²) in [6, 6.07) is 7.31. The van der Waals surface area contributed by atoms with Crippen LogP contribution in [0.25, 0.3) is 10.9 Å². The molecule has 4 rings (SSSR count). The first-order valence-electron chi connectivity index (χ1n) is 10.1. The average molecular weight is 382 g/mol. The van der Waals surface area contributed by atoms with Crippen LogP contribution in [-0.2, 0) is 16.1 Å². The highest BCUT2D eigenvalue weighted by Crippen LogP contribution is 2.27. The summed E-state index contributed by atoms with van der Waals surface area (Å²) in [4.78, 5) is 40.8. The van der Waals surface area contributed by atoms with Gasteiger partial charge in [-0.25, -0.2) is 0 Å². The van der Waals surface area contributed by atoms with Crippen LogP contribution >= 0.6 is 0 Å². The largest absolute Gasteiger partial charge is 0.339 e. The number of aromatic nitrogens is 2. The van der Waals surface area contributed by atoms with E-state index in [4.69, 9.17) is 0 Å². The monoisotopic (exact) mass is 382 g/mol. The number of hydrogen-bond acceptors (Lipinski definition) is 4. The first-order chi connectivity index (χ1) is 13.6. The summed E-state index contributed by atoms with van der Waals surface area (Å²) in [5.74, 6) is 0.535.